The van der Waals surface area contributed by atoms with Gasteiger partial charge in [-0.25, -0.2) is 4.79 Å². The highest BCUT2D eigenvalue weighted by atomic mass is 32.1. The number of ether oxygens (including phenoxy) is 4. The molecular weight excluding hydrogens is 492 g/mol. The summed E-state index contributed by atoms with van der Waals surface area (Å²) in [5.41, 5.74) is 8.99. The number of aliphatic carboxylic acids is 1. The molecule has 2 heterocycles. The number of carbonyl (C=O) groups excluding carboxylic acids is 1. The van der Waals surface area contributed by atoms with Crippen LogP contribution in [-0.4, -0.2) is 83.3 Å². The fourth-order valence-corrected chi connectivity index (χ4v) is 3.35. The summed E-state index contributed by atoms with van der Waals surface area (Å²) in [5.74, 6) is -1.11. The Hall–Kier alpha value is -3.59. The van der Waals surface area contributed by atoms with Crippen molar-refractivity contribution in [3.05, 3.63) is 40.2 Å². The number of imidazole rings is 1. The van der Waals surface area contributed by atoms with E-state index in [2.05, 4.69) is 20.3 Å². The number of anilines is 1. The number of amides is 1. The summed E-state index contributed by atoms with van der Waals surface area (Å²) in [5, 5.41) is 11.2. The fourth-order valence-electron chi connectivity index (χ4n) is 3.10. The van der Waals surface area contributed by atoms with Gasteiger partial charge in [-0.2, -0.15) is 9.97 Å². The van der Waals surface area contributed by atoms with Crippen molar-refractivity contribution in [3.8, 4) is 6.01 Å². The number of hydrogen-bond donors (Lipinski definition) is 4. The third-order valence-electron chi connectivity index (χ3n) is 4.83. The zero-order valence-electron chi connectivity index (χ0n) is 19.7. The quantitative estimate of drug-likeness (QED) is 0.165. The van der Waals surface area contributed by atoms with Gasteiger partial charge >= 0.3 is 12.0 Å². The Morgan fingerprint density at radius 3 is 2.47 bits per heavy atom. The van der Waals surface area contributed by atoms with Crippen molar-refractivity contribution < 1.29 is 33.6 Å². The molecule has 0 radical (unpaired) electrons. The van der Waals surface area contributed by atoms with E-state index in [-0.39, 0.29) is 44.2 Å². The molecule has 36 heavy (non-hydrogen) atoms. The summed E-state index contributed by atoms with van der Waals surface area (Å²) in [7, 11) is 1.57. The summed E-state index contributed by atoms with van der Waals surface area (Å²) < 4.78 is 22.7. The van der Waals surface area contributed by atoms with E-state index < -0.39 is 12.6 Å². The number of benzene rings is 1. The Balaban J connectivity index is 1.53. The summed E-state index contributed by atoms with van der Waals surface area (Å²) in [6.07, 6.45) is 0. The van der Waals surface area contributed by atoms with Crippen molar-refractivity contribution in [1.82, 2.24) is 24.8 Å². The SMILES string of the molecule is COCCOc1nc(N)c2[nH]c(=S)n(Cc3ccc(CNC(=O)COCCOCC(=O)O)cc3)c2n1. The molecule has 3 aromatic rings. The second-order valence-corrected chi connectivity index (χ2v) is 7.93. The van der Waals surface area contributed by atoms with Crippen molar-refractivity contribution in [2.24, 2.45) is 0 Å². The number of nitrogens with two attached hydrogens (primary N) is 1. The number of nitrogens with zero attached hydrogens (tertiary/aromatic N) is 3. The van der Waals surface area contributed by atoms with Crippen molar-refractivity contribution >= 4 is 41.1 Å². The first-order chi connectivity index (χ1) is 17.4. The zero-order chi connectivity index (χ0) is 25.9. The molecule has 0 atom stereocenters. The Labute approximate surface area is 211 Å². The van der Waals surface area contributed by atoms with Gasteiger partial charge in [0.2, 0.25) is 5.91 Å². The van der Waals surface area contributed by atoms with Crippen molar-refractivity contribution in [2.75, 3.05) is 52.5 Å². The summed E-state index contributed by atoms with van der Waals surface area (Å²) >= 11 is 5.46. The van der Waals surface area contributed by atoms with Crippen LogP contribution >= 0.6 is 12.2 Å². The first-order valence-electron chi connectivity index (χ1n) is 11.0. The van der Waals surface area contributed by atoms with Gasteiger partial charge in [-0.3, -0.25) is 9.36 Å². The Kier molecular flexibility index (Phi) is 10.1. The highest BCUT2D eigenvalue weighted by Crippen LogP contribution is 2.21. The van der Waals surface area contributed by atoms with Gasteiger partial charge in [-0.05, 0) is 23.3 Å². The van der Waals surface area contributed by atoms with Crippen LogP contribution in [0.2, 0.25) is 0 Å². The molecule has 5 N–H and O–H groups in total. The van der Waals surface area contributed by atoms with Gasteiger partial charge in [0.15, 0.2) is 16.2 Å². The Morgan fingerprint density at radius 2 is 1.78 bits per heavy atom. The molecule has 0 unspecified atom stereocenters. The van der Waals surface area contributed by atoms with Gasteiger partial charge in [0.25, 0.3) is 0 Å². The van der Waals surface area contributed by atoms with E-state index in [9.17, 15) is 9.59 Å². The van der Waals surface area contributed by atoms with Gasteiger partial charge in [-0.1, -0.05) is 24.3 Å². The van der Waals surface area contributed by atoms with Gasteiger partial charge < -0.3 is 40.1 Å². The van der Waals surface area contributed by atoms with Gasteiger partial charge in [0, 0.05) is 13.7 Å². The summed E-state index contributed by atoms with van der Waals surface area (Å²) in [4.78, 5) is 33.9. The Morgan fingerprint density at radius 1 is 1.08 bits per heavy atom. The van der Waals surface area contributed by atoms with Crippen molar-refractivity contribution in [2.45, 2.75) is 13.1 Å². The minimum Gasteiger partial charge on any atom is -0.480 e. The second kappa shape index (κ2) is 13.5. The number of nitrogens with one attached hydrogen (secondary N) is 2. The molecule has 1 aromatic carbocycles. The number of carboxylic acid groups (broad SMARTS) is 1. The number of hydrogen-bond acceptors (Lipinski definition) is 10. The molecule has 13 nitrogen and oxygen atoms in total. The lowest BCUT2D eigenvalue weighted by Gasteiger charge is -2.09. The van der Waals surface area contributed by atoms with E-state index in [1.807, 2.05) is 24.3 Å². The third kappa shape index (κ3) is 7.98. The molecule has 0 saturated heterocycles. The van der Waals surface area contributed by atoms with Crippen LogP contribution in [0, 0.1) is 4.77 Å². The minimum absolute atomic E-state index is 0.0995. The molecule has 0 bridgehead atoms. The molecule has 0 fully saturated rings. The van der Waals surface area contributed by atoms with Gasteiger partial charge in [0.1, 0.15) is 25.3 Å². The van der Waals surface area contributed by atoms with E-state index in [1.165, 1.54) is 0 Å². The van der Waals surface area contributed by atoms with E-state index in [0.717, 1.165) is 11.1 Å². The van der Waals surface area contributed by atoms with Crippen LogP contribution in [-0.2, 0) is 36.9 Å². The second-order valence-electron chi connectivity index (χ2n) is 7.54. The topological polar surface area (TPSA) is 176 Å². The minimum atomic E-state index is -1.06. The lowest BCUT2D eigenvalue weighted by Crippen LogP contribution is -2.27. The average Bonchev–Trinajstić information content (AvgIpc) is 3.16. The first kappa shape index (κ1) is 27.0. The molecule has 1 amide bonds. The first-order valence-corrected chi connectivity index (χ1v) is 11.4. The smallest absolute Gasteiger partial charge is 0.329 e. The Bertz CT molecular complexity index is 1230. The molecule has 3 rings (SSSR count). The van der Waals surface area contributed by atoms with Crippen LogP contribution in [0.25, 0.3) is 11.2 Å². The number of methoxy groups -OCH3 is 1. The van der Waals surface area contributed by atoms with E-state index >= 15 is 0 Å². The lowest BCUT2D eigenvalue weighted by atomic mass is 10.1. The summed E-state index contributed by atoms with van der Waals surface area (Å²) in [6, 6.07) is 7.80. The highest BCUT2D eigenvalue weighted by molar-refractivity contribution is 7.71. The van der Waals surface area contributed by atoms with Crippen molar-refractivity contribution in [1.29, 1.82) is 0 Å². The van der Waals surface area contributed by atoms with Crippen molar-refractivity contribution in [3.63, 3.8) is 0 Å². The molecule has 0 spiro atoms. The van der Waals surface area contributed by atoms with Crippen LogP contribution in [0.5, 0.6) is 6.01 Å². The van der Waals surface area contributed by atoms with Crippen LogP contribution in [0.15, 0.2) is 24.3 Å². The molecular formula is C22H28N6O7S. The predicted octanol–water partition coefficient (Wildman–Crippen LogP) is 0.879. The van der Waals surface area contributed by atoms with Crippen LogP contribution < -0.4 is 15.8 Å². The fraction of sp³-hybridized carbons (Fsp3) is 0.409. The predicted molar refractivity (Wildman–Crippen MR) is 131 cm³/mol. The maximum Gasteiger partial charge on any atom is 0.329 e. The van der Waals surface area contributed by atoms with E-state index in [1.54, 1.807) is 11.7 Å². The average molecular weight is 521 g/mol. The molecule has 2 aromatic heterocycles. The molecule has 0 aliphatic carbocycles. The molecule has 0 saturated carbocycles. The van der Waals surface area contributed by atoms with E-state index in [4.69, 9.17) is 42.0 Å². The van der Waals surface area contributed by atoms with Crippen LogP contribution in [0.3, 0.4) is 0 Å². The molecule has 14 heteroatoms. The number of aromatic nitrogens is 4. The van der Waals surface area contributed by atoms with Gasteiger partial charge in [0.05, 0.1) is 26.4 Å². The number of aromatic amines is 1. The lowest BCUT2D eigenvalue weighted by molar-refractivity contribution is -0.143. The number of fused-ring (bicyclic) bond motifs is 1. The largest absolute Gasteiger partial charge is 0.480 e. The zero-order valence-corrected chi connectivity index (χ0v) is 20.5. The maximum absolute atomic E-state index is 11.9. The van der Waals surface area contributed by atoms with Gasteiger partial charge in [-0.15, -0.1) is 0 Å². The highest BCUT2D eigenvalue weighted by Gasteiger charge is 2.14. The third-order valence-corrected chi connectivity index (χ3v) is 5.16. The molecule has 0 aliphatic rings. The normalized spacial score (nSPS) is 11.0. The number of carbonyl (C=O) groups is 2. The van der Waals surface area contributed by atoms with Crippen LogP contribution in [0.4, 0.5) is 5.82 Å². The summed E-state index contributed by atoms with van der Waals surface area (Å²) in [6.45, 7) is 1.14. The standard InChI is InChI=1S/C22H28N6O7S/c1-32-6-9-35-21-26-19(23)18-20(27-21)28(22(36)25-18)11-15-4-2-14(3-5-15)10-24-16(29)12-33-7-8-34-13-17(30)31/h2-5H,6-13H2,1H3,(H,24,29)(H,25,36)(H,30,31)(H2,23,26,27). The van der Waals surface area contributed by atoms with Crippen LogP contribution in [0.1, 0.15) is 11.1 Å². The molecule has 0 aliphatic heterocycles. The maximum atomic E-state index is 11.9. The number of carboxylic acids is 1. The number of H-pyrrole nitrogens is 1. The number of nitrogen functional groups attached to an aromatic ring is 1. The monoisotopic (exact) mass is 520 g/mol. The van der Waals surface area contributed by atoms with E-state index in [0.29, 0.717) is 35.6 Å². The number of rotatable bonds is 15. The molecule has 194 valence electrons.